The molecule has 0 amide bonds. The number of aliphatic hydroxyl groups is 1. The molecule has 0 aromatic rings. The molecule has 0 saturated carbocycles. The van der Waals surface area contributed by atoms with Crippen molar-refractivity contribution in [1.29, 1.82) is 0 Å². The summed E-state index contributed by atoms with van der Waals surface area (Å²) >= 11 is 0. The van der Waals surface area contributed by atoms with E-state index < -0.39 is 0 Å². The molecule has 0 aliphatic carbocycles. The van der Waals surface area contributed by atoms with Crippen LogP contribution in [-0.2, 0) is 0 Å². The second kappa shape index (κ2) is 9.92. The Hall–Kier alpha value is -0.0800. The molecule has 0 aliphatic rings. The standard InChI is InChI=1S/C7H17NO.C2H6/c1-4-8(5-6-9)7(2)3;1-2/h7,9H,4-6H2,1-3H3;1-2H3. The smallest absolute Gasteiger partial charge is 0.0558 e. The molecule has 1 N–H and O–H groups in total. The van der Waals surface area contributed by atoms with Gasteiger partial charge in [-0.15, -0.1) is 0 Å². The van der Waals surface area contributed by atoms with Crippen molar-refractivity contribution in [2.24, 2.45) is 0 Å². The topological polar surface area (TPSA) is 23.5 Å². The molecule has 0 aromatic carbocycles. The summed E-state index contributed by atoms with van der Waals surface area (Å²) in [5.41, 5.74) is 0. The normalized spacial score (nSPS) is 9.82. The van der Waals surface area contributed by atoms with E-state index in [0.29, 0.717) is 6.04 Å². The summed E-state index contributed by atoms with van der Waals surface area (Å²) in [6, 6.07) is 0.558. The van der Waals surface area contributed by atoms with Crippen LogP contribution in [0, 0.1) is 0 Å². The van der Waals surface area contributed by atoms with E-state index in [1.54, 1.807) is 0 Å². The molecule has 0 bridgehead atoms. The Bertz CT molecular complexity index is 64.6. The van der Waals surface area contributed by atoms with Crippen LogP contribution in [-0.4, -0.2) is 35.7 Å². The maximum Gasteiger partial charge on any atom is 0.0558 e. The quantitative estimate of drug-likeness (QED) is 0.679. The largest absolute Gasteiger partial charge is 0.395 e. The molecule has 0 radical (unpaired) electrons. The third-order valence-electron chi connectivity index (χ3n) is 1.52. The van der Waals surface area contributed by atoms with Gasteiger partial charge in [0.25, 0.3) is 0 Å². The highest BCUT2D eigenvalue weighted by Gasteiger charge is 2.03. The van der Waals surface area contributed by atoms with E-state index in [2.05, 4.69) is 25.7 Å². The van der Waals surface area contributed by atoms with E-state index in [-0.39, 0.29) is 6.61 Å². The van der Waals surface area contributed by atoms with Crippen molar-refractivity contribution in [3.05, 3.63) is 0 Å². The van der Waals surface area contributed by atoms with Crippen molar-refractivity contribution >= 4 is 0 Å². The Morgan fingerprint density at radius 2 is 1.73 bits per heavy atom. The van der Waals surface area contributed by atoms with Crippen LogP contribution < -0.4 is 0 Å². The molecule has 0 heterocycles. The van der Waals surface area contributed by atoms with Crippen molar-refractivity contribution in [2.45, 2.75) is 40.7 Å². The van der Waals surface area contributed by atoms with Crippen molar-refractivity contribution in [3.8, 4) is 0 Å². The van der Waals surface area contributed by atoms with E-state index in [1.807, 2.05) is 13.8 Å². The lowest BCUT2D eigenvalue weighted by Crippen LogP contribution is -2.32. The summed E-state index contributed by atoms with van der Waals surface area (Å²) in [4.78, 5) is 2.22. The Labute approximate surface area is 71.2 Å². The SMILES string of the molecule is CC.CCN(CCO)C(C)C. The van der Waals surface area contributed by atoms with Gasteiger partial charge in [0, 0.05) is 12.6 Å². The summed E-state index contributed by atoms with van der Waals surface area (Å²) in [5.74, 6) is 0. The fourth-order valence-electron chi connectivity index (χ4n) is 0.910. The van der Waals surface area contributed by atoms with Gasteiger partial charge in [-0.05, 0) is 20.4 Å². The monoisotopic (exact) mass is 161 g/mol. The predicted molar refractivity (Wildman–Crippen MR) is 50.8 cm³/mol. The Morgan fingerprint density at radius 1 is 1.27 bits per heavy atom. The zero-order chi connectivity index (χ0) is 9.28. The molecule has 0 fully saturated rings. The lowest BCUT2D eigenvalue weighted by Gasteiger charge is -2.23. The van der Waals surface area contributed by atoms with Gasteiger partial charge in [0.2, 0.25) is 0 Å². The first-order valence-corrected chi connectivity index (χ1v) is 4.57. The van der Waals surface area contributed by atoms with Gasteiger partial charge in [0.15, 0.2) is 0 Å². The number of aliphatic hydroxyl groups excluding tert-OH is 1. The molecule has 70 valence electrons. The lowest BCUT2D eigenvalue weighted by molar-refractivity contribution is 0.173. The van der Waals surface area contributed by atoms with Crippen LogP contribution in [0.25, 0.3) is 0 Å². The van der Waals surface area contributed by atoms with E-state index >= 15 is 0 Å². The fraction of sp³-hybridized carbons (Fsp3) is 1.00. The Kier molecular flexibility index (Phi) is 12.2. The van der Waals surface area contributed by atoms with Gasteiger partial charge in [-0.3, -0.25) is 4.90 Å². The first-order valence-electron chi connectivity index (χ1n) is 4.57. The molecular weight excluding hydrogens is 138 g/mol. The molecule has 0 unspecified atom stereocenters. The van der Waals surface area contributed by atoms with Gasteiger partial charge >= 0.3 is 0 Å². The molecule has 11 heavy (non-hydrogen) atoms. The van der Waals surface area contributed by atoms with Crippen molar-refractivity contribution in [3.63, 3.8) is 0 Å². The van der Waals surface area contributed by atoms with Gasteiger partial charge in [0.05, 0.1) is 6.61 Å². The van der Waals surface area contributed by atoms with Gasteiger partial charge in [0.1, 0.15) is 0 Å². The molecular formula is C9H23NO. The second-order valence-corrected chi connectivity index (χ2v) is 2.45. The minimum Gasteiger partial charge on any atom is -0.395 e. The van der Waals surface area contributed by atoms with Crippen molar-refractivity contribution in [1.82, 2.24) is 4.90 Å². The molecule has 2 heteroatoms. The minimum absolute atomic E-state index is 0.270. The van der Waals surface area contributed by atoms with Crippen molar-refractivity contribution in [2.75, 3.05) is 19.7 Å². The van der Waals surface area contributed by atoms with E-state index in [0.717, 1.165) is 13.1 Å². The van der Waals surface area contributed by atoms with E-state index in [9.17, 15) is 0 Å². The zero-order valence-corrected chi connectivity index (χ0v) is 8.59. The maximum absolute atomic E-state index is 8.57. The summed E-state index contributed by atoms with van der Waals surface area (Å²) < 4.78 is 0. The average molecular weight is 161 g/mol. The maximum atomic E-state index is 8.57. The first-order chi connectivity index (χ1) is 5.22. The van der Waals surface area contributed by atoms with Crippen LogP contribution in [0.2, 0.25) is 0 Å². The number of rotatable bonds is 4. The number of hydrogen-bond donors (Lipinski definition) is 1. The highest BCUT2D eigenvalue weighted by molar-refractivity contribution is 4.58. The first kappa shape index (κ1) is 13.5. The second-order valence-electron chi connectivity index (χ2n) is 2.45. The van der Waals surface area contributed by atoms with Crippen LogP contribution in [0.1, 0.15) is 34.6 Å². The van der Waals surface area contributed by atoms with Crippen LogP contribution in [0.15, 0.2) is 0 Å². The third kappa shape index (κ3) is 7.82. The molecule has 0 atom stereocenters. The van der Waals surface area contributed by atoms with E-state index in [4.69, 9.17) is 5.11 Å². The van der Waals surface area contributed by atoms with Gasteiger partial charge in [-0.1, -0.05) is 20.8 Å². The average Bonchev–Trinajstić information content (AvgIpc) is 2.03. The summed E-state index contributed by atoms with van der Waals surface area (Å²) in [7, 11) is 0. The molecule has 0 spiro atoms. The molecule has 0 rings (SSSR count). The van der Waals surface area contributed by atoms with E-state index in [1.165, 1.54) is 0 Å². The molecule has 0 aliphatic heterocycles. The number of hydrogen-bond acceptors (Lipinski definition) is 2. The van der Waals surface area contributed by atoms with Crippen LogP contribution >= 0.6 is 0 Å². The summed E-state index contributed by atoms with van der Waals surface area (Å²) in [6.45, 7) is 12.5. The van der Waals surface area contributed by atoms with Gasteiger partial charge in [-0.2, -0.15) is 0 Å². The highest BCUT2D eigenvalue weighted by atomic mass is 16.3. The molecule has 0 aromatic heterocycles. The zero-order valence-electron chi connectivity index (χ0n) is 8.59. The Balaban J connectivity index is 0. The third-order valence-corrected chi connectivity index (χ3v) is 1.52. The van der Waals surface area contributed by atoms with Crippen LogP contribution in [0.5, 0.6) is 0 Å². The predicted octanol–water partition coefficient (Wildman–Crippen LogP) is 1.74. The number of likely N-dealkylation sites (N-methyl/N-ethyl adjacent to an activating group) is 1. The fourth-order valence-corrected chi connectivity index (χ4v) is 0.910. The lowest BCUT2D eigenvalue weighted by atomic mass is 10.3. The Morgan fingerprint density at radius 3 is 1.82 bits per heavy atom. The highest BCUT2D eigenvalue weighted by Crippen LogP contribution is 1.94. The van der Waals surface area contributed by atoms with Crippen LogP contribution in [0.4, 0.5) is 0 Å². The van der Waals surface area contributed by atoms with Crippen LogP contribution in [0.3, 0.4) is 0 Å². The summed E-state index contributed by atoms with van der Waals surface area (Å²) in [5, 5.41) is 8.57. The molecule has 2 nitrogen and oxygen atoms in total. The minimum atomic E-state index is 0.270. The van der Waals surface area contributed by atoms with Gasteiger partial charge in [-0.25, -0.2) is 0 Å². The summed E-state index contributed by atoms with van der Waals surface area (Å²) in [6.07, 6.45) is 0. The number of nitrogens with zero attached hydrogens (tertiary/aromatic N) is 1. The van der Waals surface area contributed by atoms with Gasteiger partial charge < -0.3 is 5.11 Å². The molecule has 0 saturated heterocycles. The van der Waals surface area contributed by atoms with Crippen molar-refractivity contribution < 1.29 is 5.11 Å².